The molecule has 0 radical (unpaired) electrons. The zero-order valence-electron chi connectivity index (χ0n) is 9.29. The molecule has 2 aromatic carbocycles. The van der Waals surface area contributed by atoms with Gasteiger partial charge in [0.25, 0.3) is 0 Å². The first-order valence-electron chi connectivity index (χ1n) is 5.21. The van der Waals surface area contributed by atoms with E-state index in [1.165, 1.54) is 12.1 Å². The van der Waals surface area contributed by atoms with Crippen LogP contribution in [0.4, 0.5) is 4.39 Å². The lowest BCUT2D eigenvalue weighted by Crippen LogP contribution is -1.97. The predicted octanol–water partition coefficient (Wildman–Crippen LogP) is 4.49. The molecule has 0 aliphatic carbocycles. The summed E-state index contributed by atoms with van der Waals surface area (Å²) in [4.78, 5) is 0. The fourth-order valence-electron chi connectivity index (χ4n) is 1.48. The van der Waals surface area contributed by atoms with Crippen molar-refractivity contribution in [3.63, 3.8) is 0 Å². The van der Waals surface area contributed by atoms with E-state index in [4.69, 9.17) is 22.1 Å². The van der Waals surface area contributed by atoms with Gasteiger partial charge in [0, 0.05) is 17.6 Å². The Balaban J connectivity index is 2.30. The van der Waals surface area contributed by atoms with Crippen molar-refractivity contribution in [3.8, 4) is 11.5 Å². The Kier molecular flexibility index (Phi) is 4.22. The van der Waals surface area contributed by atoms with Gasteiger partial charge in [-0.2, -0.15) is 0 Å². The van der Waals surface area contributed by atoms with Gasteiger partial charge in [0.05, 0.1) is 4.47 Å². The third-order valence-corrected chi connectivity index (χ3v) is 3.14. The molecule has 2 aromatic rings. The summed E-state index contributed by atoms with van der Waals surface area (Å²) in [6.45, 7) is 0.260. The summed E-state index contributed by atoms with van der Waals surface area (Å²) in [5.41, 5.74) is 6.16. The van der Waals surface area contributed by atoms with Gasteiger partial charge in [0.15, 0.2) is 0 Å². The first kappa shape index (κ1) is 13.3. The van der Waals surface area contributed by atoms with Gasteiger partial charge in [0.1, 0.15) is 17.3 Å². The summed E-state index contributed by atoms with van der Waals surface area (Å²) in [6.07, 6.45) is 0. The van der Waals surface area contributed by atoms with Crippen LogP contribution in [-0.4, -0.2) is 0 Å². The minimum Gasteiger partial charge on any atom is -0.456 e. The van der Waals surface area contributed by atoms with E-state index < -0.39 is 0 Å². The molecule has 2 nitrogen and oxygen atoms in total. The quantitative estimate of drug-likeness (QED) is 0.899. The molecule has 0 saturated carbocycles. The van der Waals surface area contributed by atoms with E-state index in [9.17, 15) is 4.39 Å². The van der Waals surface area contributed by atoms with Crippen LogP contribution in [0.1, 0.15) is 5.56 Å². The average Bonchev–Trinajstić information content (AvgIpc) is 2.32. The third kappa shape index (κ3) is 3.22. The lowest BCUT2D eigenvalue weighted by molar-refractivity contribution is 0.473. The number of hydrogen-bond donors (Lipinski definition) is 1. The van der Waals surface area contributed by atoms with E-state index in [2.05, 4.69) is 15.9 Å². The number of nitrogens with two attached hydrogens (primary N) is 1. The van der Waals surface area contributed by atoms with Gasteiger partial charge in [0.2, 0.25) is 0 Å². The lowest BCUT2D eigenvalue weighted by atomic mass is 10.2. The van der Waals surface area contributed by atoms with Crippen LogP contribution in [0, 0.1) is 5.82 Å². The highest BCUT2D eigenvalue weighted by Crippen LogP contribution is 2.32. The summed E-state index contributed by atoms with van der Waals surface area (Å²) in [7, 11) is 0. The summed E-state index contributed by atoms with van der Waals surface area (Å²) in [5, 5.41) is 0.594. The largest absolute Gasteiger partial charge is 0.456 e. The molecule has 0 unspecified atom stereocenters. The van der Waals surface area contributed by atoms with Crippen molar-refractivity contribution < 1.29 is 9.13 Å². The molecule has 0 aromatic heterocycles. The Morgan fingerprint density at radius 3 is 2.67 bits per heavy atom. The van der Waals surface area contributed by atoms with E-state index in [1.54, 1.807) is 24.3 Å². The molecule has 0 amide bonds. The molecule has 0 aliphatic rings. The van der Waals surface area contributed by atoms with Crippen molar-refractivity contribution in [2.75, 3.05) is 0 Å². The second-order valence-electron chi connectivity index (χ2n) is 3.68. The highest BCUT2D eigenvalue weighted by atomic mass is 79.9. The van der Waals surface area contributed by atoms with E-state index >= 15 is 0 Å². The maximum absolute atomic E-state index is 13.3. The van der Waals surface area contributed by atoms with Crippen LogP contribution < -0.4 is 10.5 Å². The topological polar surface area (TPSA) is 35.2 Å². The smallest absolute Gasteiger partial charge is 0.141 e. The molecule has 0 saturated heterocycles. The standard InChI is InChI=1S/C13H10BrClFNO/c14-12-5-9(15)1-2-13(12)18-11-4-8(7-17)3-10(16)6-11/h1-6H,7,17H2. The first-order valence-corrected chi connectivity index (χ1v) is 6.38. The molecule has 0 spiro atoms. The Labute approximate surface area is 118 Å². The minimum atomic E-state index is -0.377. The van der Waals surface area contributed by atoms with E-state index in [0.29, 0.717) is 26.6 Å². The van der Waals surface area contributed by atoms with Crippen LogP contribution in [0.15, 0.2) is 40.9 Å². The van der Waals surface area contributed by atoms with Crippen molar-refractivity contribution >= 4 is 27.5 Å². The molecule has 0 heterocycles. The molecular weight excluding hydrogens is 321 g/mol. The van der Waals surface area contributed by atoms with E-state index in [1.807, 2.05) is 0 Å². The zero-order valence-corrected chi connectivity index (χ0v) is 11.6. The molecule has 0 atom stereocenters. The summed E-state index contributed by atoms with van der Waals surface area (Å²) < 4.78 is 19.6. The second-order valence-corrected chi connectivity index (χ2v) is 4.97. The highest BCUT2D eigenvalue weighted by Gasteiger charge is 2.06. The van der Waals surface area contributed by atoms with Gasteiger partial charge in [-0.1, -0.05) is 11.6 Å². The molecule has 0 fully saturated rings. The monoisotopic (exact) mass is 329 g/mol. The van der Waals surface area contributed by atoms with Crippen molar-refractivity contribution in [2.45, 2.75) is 6.54 Å². The molecule has 2 rings (SSSR count). The molecule has 94 valence electrons. The van der Waals surface area contributed by atoms with Crippen molar-refractivity contribution in [2.24, 2.45) is 5.73 Å². The van der Waals surface area contributed by atoms with Crippen molar-refractivity contribution in [1.29, 1.82) is 0 Å². The van der Waals surface area contributed by atoms with Crippen LogP contribution in [0.3, 0.4) is 0 Å². The number of hydrogen-bond acceptors (Lipinski definition) is 2. The normalized spacial score (nSPS) is 10.4. The number of benzene rings is 2. The lowest BCUT2D eigenvalue weighted by Gasteiger charge is -2.09. The molecule has 18 heavy (non-hydrogen) atoms. The third-order valence-electron chi connectivity index (χ3n) is 2.29. The number of ether oxygens (including phenoxy) is 1. The van der Waals surface area contributed by atoms with Crippen LogP contribution in [-0.2, 0) is 6.54 Å². The highest BCUT2D eigenvalue weighted by molar-refractivity contribution is 9.10. The zero-order chi connectivity index (χ0) is 13.1. The van der Waals surface area contributed by atoms with Gasteiger partial charge in [-0.3, -0.25) is 0 Å². The van der Waals surface area contributed by atoms with Crippen LogP contribution in [0.5, 0.6) is 11.5 Å². The average molecular weight is 331 g/mol. The van der Waals surface area contributed by atoms with Gasteiger partial charge < -0.3 is 10.5 Å². The SMILES string of the molecule is NCc1cc(F)cc(Oc2ccc(Cl)cc2Br)c1. The van der Waals surface area contributed by atoms with Crippen LogP contribution >= 0.6 is 27.5 Å². The maximum Gasteiger partial charge on any atom is 0.141 e. The Hall–Kier alpha value is -1.10. The maximum atomic E-state index is 13.3. The number of rotatable bonds is 3. The predicted molar refractivity (Wildman–Crippen MR) is 73.5 cm³/mol. The van der Waals surface area contributed by atoms with Crippen LogP contribution in [0.2, 0.25) is 5.02 Å². The summed E-state index contributed by atoms with van der Waals surface area (Å²) in [5.74, 6) is 0.587. The first-order chi connectivity index (χ1) is 8.58. The molecule has 0 aliphatic heterocycles. The fourth-order valence-corrected chi connectivity index (χ4v) is 2.25. The van der Waals surface area contributed by atoms with Gasteiger partial charge in [-0.15, -0.1) is 0 Å². The Bertz CT molecular complexity index is 577. The van der Waals surface area contributed by atoms with Crippen molar-refractivity contribution in [3.05, 3.63) is 57.3 Å². The Morgan fingerprint density at radius 1 is 1.22 bits per heavy atom. The van der Waals surface area contributed by atoms with Gasteiger partial charge in [-0.25, -0.2) is 4.39 Å². The molecule has 5 heteroatoms. The Morgan fingerprint density at radius 2 is 2.00 bits per heavy atom. The van der Waals surface area contributed by atoms with Crippen LogP contribution in [0.25, 0.3) is 0 Å². The van der Waals surface area contributed by atoms with Crippen molar-refractivity contribution in [1.82, 2.24) is 0 Å². The number of halogens is 3. The van der Waals surface area contributed by atoms with E-state index in [0.717, 1.165) is 0 Å². The minimum absolute atomic E-state index is 0.260. The second kappa shape index (κ2) is 5.69. The molecular formula is C13H10BrClFNO. The fraction of sp³-hybridized carbons (Fsp3) is 0.0769. The molecule has 2 N–H and O–H groups in total. The summed E-state index contributed by atoms with van der Waals surface area (Å²) >= 11 is 9.16. The summed E-state index contributed by atoms with van der Waals surface area (Å²) in [6, 6.07) is 9.50. The van der Waals surface area contributed by atoms with E-state index in [-0.39, 0.29) is 12.4 Å². The van der Waals surface area contributed by atoms with Gasteiger partial charge in [-0.05, 0) is 51.8 Å². The molecule has 0 bridgehead atoms. The van der Waals surface area contributed by atoms with Gasteiger partial charge >= 0.3 is 0 Å².